The number of benzene rings is 1. The monoisotopic (exact) mass is 240 g/mol. The quantitative estimate of drug-likeness (QED) is 0.580. The molecule has 1 aliphatic carbocycles. The minimum absolute atomic E-state index is 0. The van der Waals surface area contributed by atoms with Crippen LogP contribution in [0.2, 0.25) is 0 Å². The maximum absolute atomic E-state index is 13.7. The van der Waals surface area contributed by atoms with Crippen molar-refractivity contribution in [2.45, 2.75) is 19.4 Å². The maximum atomic E-state index is 13.7. The zero-order valence-corrected chi connectivity index (χ0v) is 10.0. The van der Waals surface area contributed by atoms with Crippen LogP contribution in [0.25, 0.3) is 11.0 Å². The fraction of sp³-hybridized carbons (Fsp3) is 0.333. The van der Waals surface area contributed by atoms with E-state index < -0.39 is 11.8 Å². The molecule has 0 bridgehead atoms. The second kappa shape index (κ2) is 4.75. The van der Waals surface area contributed by atoms with Crippen molar-refractivity contribution < 1.29 is 33.2 Å². The minimum Gasteiger partial charge on any atom is -0.542 e. The van der Waals surface area contributed by atoms with Gasteiger partial charge in [0, 0.05) is 6.54 Å². The van der Waals surface area contributed by atoms with Crippen LogP contribution in [0.1, 0.15) is 23.5 Å². The standard InChI is InChI=1S/C12H11FN2O2.Li/c13-8-2-1-3-9-10(8)15(6-7-4-5-7)11(14-9)12(16)17;/h1-3,7H,4-6H2,(H,16,17);/q;+1/p-1. The number of hydrogen-bond acceptors (Lipinski definition) is 3. The molecule has 0 N–H and O–H groups in total. The zero-order valence-electron chi connectivity index (χ0n) is 10.0. The predicted octanol–water partition coefficient (Wildman–Crippen LogP) is -2.05. The number of imidazole rings is 1. The molecule has 0 aliphatic heterocycles. The van der Waals surface area contributed by atoms with E-state index in [1.54, 1.807) is 6.07 Å². The molecule has 0 amide bonds. The Kier molecular flexibility index (Phi) is 3.47. The number of halogens is 1. The van der Waals surface area contributed by atoms with Crippen molar-refractivity contribution >= 4 is 17.0 Å². The van der Waals surface area contributed by atoms with Gasteiger partial charge in [-0.3, -0.25) is 0 Å². The van der Waals surface area contributed by atoms with E-state index in [2.05, 4.69) is 4.98 Å². The van der Waals surface area contributed by atoms with Gasteiger partial charge < -0.3 is 14.5 Å². The molecule has 0 unspecified atom stereocenters. The number of fused-ring (bicyclic) bond motifs is 1. The van der Waals surface area contributed by atoms with Crippen LogP contribution < -0.4 is 24.0 Å². The molecular formula is C12H10FLiN2O2. The van der Waals surface area contributed by atoms with E-state index in [9.17, 15) is 14.3 Å². The van der Waals surface area contributed by atoms with Crippen LogP contribution >= 0.6 is 0 Å². The second-order valence-electron chi connectivity index (χ2n) is 4.38. The molecule has 0 saturated heterocycles. The molecule has 0 atom stereocenters. The van der Waals surface area contributed by atoms with Crippen LogP contribution in [0.15, 0.2) is 18.2 Å². The number of hydrogen-bond donors (Lipinski definition) is 0. The number of nitrogens with zero attached hydrogens (tertiary/aromatic N) is 2. The van der Waals surface area contributed by atoms with Crippen LogP contribution in [0.5, 0.6) is 0 Å². The first-order valence-corrected chi connectivity index (χ1v) is 5.53. The Balaban J connectivity index is 0.00000120. The smallest absolute Gasteiger partial charge is 0.542 e. The Labute approximate surface area is 115 Å². The number of carbonyl (C=O) groups is 1. The average Bonchev–Trinajstić information content (AvgIpc) is 2.99. The van der Waals surface area contributed by atoms with Crippen molar-refractivity contribution in [3.63, 3.8) is 0 Å². The molecule has 6 heteroatoms. The van der Waals surface area contributed by atoms with E-state index in [4.69, 9.17) is 0 Å². The van der Waals surface area contributed by atoms with Gasteiger partial charge in [0.1, 0.15) is 17.3 Å². The molecular weight excluding hydrogens is 230 g/mol. The van der Waals surface area contributed by atoms with Crippen LogP contribution in [0.4, 0.5) is 4.39 Å². The largest absolute Gasteiger partial charge is 1.00 e. The van der Waals surface area contributed by atoms with Gasteiger partial charge in [-0.2, -0.15) is 0 Å². The summed E-state index contributed by atoms with van der Waals surface area (Å²) in [5, 5.41) is 11.0. The number of carboxylic acids is 1. The van der Waals surface area contributed by atoms with Crippen LogP contribution in [-0.2, 0) is 6.54 Å². The first-order chi connectivity index (χ1) is 8.16. The SMILES string of the molecule is O=C([O-])c1nc2cccc(F)c2n1CC1CC1.[Li+]. The summed E-state index contributed by atoms with van der Waals surface area (Å²) in [5.41, 5.74) is 0.628. The Morgan fingerprint density at radius 3 is 2.83 bits per heavy atom. The summed E-state index contributed by atoms with van der Waals surface area (Å²) in [6, 6.07) is 4.44. The Bertz CT molecular complexity index is 607. The van der Waals surface area contributed by atoms with Gasteiger partial charge in [-0.05, 0) is 30.9 Å². The van der Waals surface area contributed by atoms with Gasteiger partial charge in [0.25, 0.3) is 0 Å². The van der Waals surface area contributed by atoms with E-state index in [1.165, 1.54) is 16.7 Å². The Hall–Kier alpha value is -1.31. The van der Waals surface area contributed by atoms with Gasteiger partial charge >= 0.3 is 18.9 Å². The van der Waals surface area contributed by atoms with Crippen LogP contribution in [0, 0.1) is 11.7 Å². The number of aromatic carboxylic acids is 1. The molecule has 1 heterocycles. The zero-order chi connectivity index (χ0) is 12.0. The van der Waals surface area contributed by atoms with E-state index in [-0.39, 0.29) is 30.2 Å². The predicted molar refractivity (Wildman–Crippen MR) is 56.7 cm³/mol. The van der Waals surface area contributed by atoms with Crippen molar-refractivity contribution in [3.05, 3.63) is 29.8 Å². The van der Waals surface area contributed by atoms with Crippen molar-refractivity contribution in [1.29, 1.82) is 0 Å². The maximum Gasteiger partial charge on any atom is 1.00 e. The first-order valence-electron chi connectivity index (χ1n) is 5.53. The molecule has 2 aromatic rings. The van der Waals surface area contributed by atoms with Crippen LogP contribution in [0.3, 0.4) is 0 Å². The molecule has 4 nitrogen and oxygen atoms in total. The van der Waals surface area contributed by atoms with E-state index in [0.717, 1.165) is 12.8 Å². The molecule has 1 aliphatic rings. The minimum atomic E-state index is -1.36. The summed E-state index contributed by atoms with van der Waals surface area (Å²) in [6.45, 7) is 0.501. The van der Waals surface area contributed by atoms with E-state index in [1.807, 2.05) is 0 Å². The summed E-state index contributed by atoms with van der Waals surface area (Å²) in [4.78, 5) is 14.9. The topological polar surface area (TPSA) is 57.9 Å². The summed E-state index contributed by atoms with van der Waals surface area (Å²) in [6.07, 6.45) is 2.11. The number of aromatic nitrogens is 2. The van der Waals surface area contributed by atoms with Gasteiger partial charge in [0.2, 0.25) is 0 Å². The van der Waals surface area contributed by atoms with Crippen molar-refractivity contribution in [2.24, 2.45) is 5.92 Å². The summed E-state index contributed by atoms with van der Waals surface area (Å²) >= 11 is 0. The van der Waals surface area contributed by atoms with Crippen molar-refractivity contribution in [2.75, 3.05) is 0 Å². The molecule has 1 aromatic heterocycles. The third kappa shape index (κ3) is 2.16. The molecule has 18 heavy (non-hydrogen) atoms. The second-order valence-corrected chi connectivity index (χ2v) is 4.38. The summed E-state index contributed by atoms with van der Waals surface area (Å²) in [5.74, 6) is -1.55. The number of carboxylic acid groups (broad SMARTS) is 1. The number of rotatable bonds is 3. The molecule has 0 spiro atoms. The molecule has 88 valence electrons. The Morgan fingerprint density at radius 2 is 2.22 bits per heavy atom. The number of carbonyl (C=O) groups excluding carboxylic acids is 1. The summed E-state index contributed by atoms with van der Waals surface area (Å²) in [7, 11) is 0. The first kappa shape index (κ1) is 13.1. The van der Waals surface area contributed by atoms with Gasteiger partial charge in [0.15, 0.2) is 5.82 Å². The van der Waals surface area contributed by atoms with E-state index in [0.29, 0.717) is 18.0 Å². The molecule has 0 radical (unpaired) electrons. The fourth-order valence-electron chi connectivity index (χ4n) is 2.03. The molecule has 3 rings (SSSR count). The average molecular weight is 240 g/mol. The van der Waals surface area contributed by atoms with Gasteiger partial charge in [-0.1, -0.05) is 6.07 Å². The normalized spacial score (nSPS) is 14.5. The third-order valence-electron chi connectivity index (χ3n) is 3.04. The molecule has 1 saturated carbocycles. The Morgan fingerprint density at radius 1 is 1.50 bits per heavy atom. The fourth-order valence-corrected chi connectivity index (χ4v) is 2.03. The van der Waals surface area contributed by atoms with Crippen LogP contribution in [-0.4, -0.2) is 15.5 Å². The van der Waals surface area contributed by atoms with Gasteiger partial charge in [-0.15, -0.1) is 0 Å². The molecule has 1 aromatic carbocycles. The van der Waals surface area contributed by atoms with Gasteiger partial charge in [-0.25, -0.2) is 9.37 Å². The van der Waals surface area contributed by atoms with Crippen molar-refractivity contribution in [3.8, 4) is 0 Å². The van der Waals surface area contributed by atoms with Gasteiger partial charge in [0.05, 0.1) is 5.52 Å². The van der Waals surface area contributed by atoms with Crippen molar-refractivity contribution in [1.82, 2.24) is 9.55 Å². The summed E-state index contributed by atoms with van der Waals surface area (Å²) < 4.78 is 15.1. The number of para-hydroxylation sites is 1. The third-order valence-corrected chi connectivity index (χ3v) is 3.04. The van der Waals surface area contributed by atoms with E-state index >= 15 is 0 Å². The molecule has 1 fully saturated rings.